The molecule has 0 radical (unpaired) electrons. The Labute approximate surface area is 147 Å². The van der Waals surface area contributed by atoms with E-state index in [0.29, 0.717) is 23.1 Å². The van der Waals surface area contributed by atoms with Gasteiger partial charge in [-0.3, -0.25) is 4.79 Å². The lowest BCUT2D eigenvalue weighted by molar-refractivity contribution is 0.102. The number of benzene rings is 2. The summed E-state index contributed by atoms with van der Waals surface area (Å²) in [4.78, 5) is 20.1. The molecule has 0 aliphatic heterocycles. The Balaban J connectivity index is 1.75. The summed E-state index contributed by atoms with van der Waals surface area (Å²) in [5.41, 5.74) is 1.02. The fourth-order valence-corrected chi connectivity index (χ4v) is 2.10. The Morgan fingerprint density at radius 1 is 1.04 bits per heavy atom. The van der Waals surface area contributed by atoms with E-state index in [1.165, 1.54) is 12.4 Å². The smallest absolute Gasteiger partial charge is 0.274 e. The van der Waals surface area contributed by atoms with Crippen LogP contribution in [0.25, 0.3) is 0 Å². The summed E-state index contributed by atoms with van der Waals surface area (Å²) in [6.07, 6.45) is 1.18. The number of nitrogens with one attached hydrogen (secondary N) is 2. The van der Waals surface area contributed by atoms with Gasteiger partial charge in [-0.25, -0.2) is 18.7 Å². The fourth-order valence-electron chi connectivity index (χ4n) is 2.10. The molecule has 128 valence electrons. The second-order valence-corrected chi connectivity index (χ2v) is 5.18. The highest BCUT2D eigenvalue weighted by Gasteiger charge is 2.12. The fraction of sp³-hybridized carbons (Fsp3) is 0. The highest BCUT2D eigenvalue weighted by Crippen LogP contribution is 2.18. The van der Waals surface area contributed by atoms with Gasteiger partial charge in [0.15, 0.2) is 0 Å². The highest BCUT2D eigenvalue weighted by atomic mass is 19.1. The third kappa shape index (κ3) is 3.96. The average molecular weight is 351 g/mol. The molecule has 3 rings (SSSR count). The van der Waals surface area contributed by atoms with Gasteiger partial charge in [0.2, 0.25) is 0 Å². The molecule has 1 amide bonds. The van der Waals surface area contributed by atoms with Crippen molar-refractivity contribution in [3.05, 3.63) is 77.8 Å². The molecule has 0 aliphatic carbocycles. The summed E-state index contributed by atoms with van der Waals surface area (Å²) in [7, 11) is 0. The second-order valence-electron chi connectivity index (χ2n) is 5.18. The summed E-state index contributed by atoms with van der Waals surface area (Å²) in [6, 6.07) is 12.9. The zero-order valence-corrected chi connectivity index (χ0v) is 13.2. The Bertz CT molecular complexity index is 999. The third-order valence-corrected chi connectivity index (χ3v) is 3.37. The van der Waals surface area contributed by atoms with Gasteiger partial charge >= 0.3 is 0 Å². The predicted octanol–water partition coefficient (Wildman–Crippen LogP) is 3.62. The van der Waals surface area contributed by atoms with Gasteiger partial charge in [-0.1, -0.05) is 0 Å². The molecule has 0 fully saturated rings. The van der Waals surface area contributed by atoms with Crippen molar-refractivity contribution in [3.63, 3.8) is 0 Å². The third-order valence-electron chi connectivity index (χ3n) is 3.37. The largest absolute Gasteiger partial charge is 0.340 e. The van der Waals surface area contributed by atoms with E-state index in [1.807, 2.05) is 6.07 Å². The van der Waals surface area contributed by atoms with Crippen LogP contribution in [-0.4, -0.2) is 15.9 Å². The Kier molecular flexibility index (Phi) is 4.80. The van der Waals surface area contributed by atoms with Crippen LogP contribution in [0.5, 0.6) is 0 Å². The number of carbonyl (C=O) groups is 1. The van der Waals surface area contributed by atoms with Gasteiger partial charge < -0.3 is 10.6 Å². The SMILES string of the molecule is N#Cc1ccc(Nc2cc(C(=O)Nc3ccc(F)cc3F)ncn2)cc1. The zero-order valence-electron chi connectivity index (χ0n) is 13.2. The summed E-state index contributed by atoms with van der Waals surface area (Å²) < 4.78 is 26.5. The van der Waals surface area contributed by atoms with Crippen molar-refractivity contribution in [3.8, 4) is 6.07 Å². The van der Waals surface area contributed by atoms with Gasteiger partial charge in [-0.2, -0.15) is 5.26 Å². The van der Waals surface area contributed by atoms with E-state index in [0.717, 1.165) is 12.1 Å². The van der Waals surface area contributed by atoms with E-state index >= 15 is 0 Å². The molecule has 26 heavy (non-hydrogen) atoms. The number of carbonyl (C=O) groups excluding carboxylic acids is 1. The topological polar surface area (TPSA) is 90.7 Å². The first-order chi connectivity index (χ1) is 12.5. The first-order valence-electron chi connectivity index (χ1n) is 7.41. The molecule has 2 aromatic carbocycles. The molecule has 0 bridgehead atoms. The predicted molar refractivity (Wildman–Crippen MR) is 90.8 cm³/mol. The molecule has 1 aromatic heterocycles. The Hall–Kier alpha value is -3.86. The van der Waals surface area contributed by atoms with Crippen LogP contribution < -0.4 is 10.6 Å². The number of nitrogens with zero attached hydrogens (tertiary/aromatic N) is 3. The summed E-state index contributed by atoms with van der Waals surface area (Å²) >= 11 is 0. The first kappa shape index (κ1) is 17.0. The highest BCUT2D eigenvalue weighted by molar-refractivity contribution is 6.03. The van der Waals surface area contributed by atoms with Gasteiger partial charge in [-0.15, -0.1) is 0 Å². The van der Waals surface area contributed by atoms with Crippen molar-refractivity contribution in [1.29, 1.82) is 5.26 Å². The van der Waals surface area contributed by atoms with Crippen molar-refractivity contribution < 1.29 is 13.6 Å². The monoisotopic (exact) mass is 351 g/mol. The van der Waals surface area contributed by atoms with Crippen molar-refractivity contribution >= 4 is 23.1 Å². The maximum atomic E-state index is 13.6. The second kappa shape index (κ2) is 7.36. The average Bonchev–Trinajstić information content (AvgIpc) is 2.65. The standard InChI is InChI=1S/C18H11F2N5O/c19-12-3-6-15(14(20)7-12)25-18(26)16-8-17(23-10-22-16)24-13-4-1-11(9-21)2-5-13/h1-8,10H,(H,25,26)(H,22,23,24). The molecule has 1 heterocycles. The number of aromatic nitrogens is 2. The molecule has 2 N–H and O–H groups in total. The maximum absolute atomic E-state index is 13.6. The van der Waals surface area contributed by atoms with Crippen molar-refractivity contribution in [2.45, 2.75) is 0 Å². The molecule has 0 spiro atoms. The van der Waals surface area contributed by atoms with E-state index in [-0.39, 0.29) is 11.4 Å². The summed E-state index contributed by atoms with van der Waals surface area (Å²) in [5.74, 6) is -1.95. The molecule has 0 saturated heterocycles. The zero-order chi connectivity index (χ0) is 18.5. The van der Waals surface area contributed by atoms with E-state index in [9.17, 15) is 13.6 Å². The molecular weight excluding hydrogens is 340 g/mol. The van der Waals surface area contributed by atoms with Crippen LogP contribution in [0.3, 0.4) is 0 Å². The van der Waals surface area contributed by atoms with Gasteiger partial charge in [0.05, 0.1) is 17.3 Å². The Morgan fingerprint density at radius 3 is 2.50 bits per heavy atom. The minimum atomic E-state index is -0.886. The van der Waals surface area contributed by atoms with Crippen LogP contribution in [0.15, 0.2) is 54.9 Å². The molecule has 3 aromatic rings. The maximum Gasteiger partial charge on any atom is 0.274 e. The molecule has 6 nitrogen and oxygen atoms in total. The van der Waals surface area contributed by atoms with Crippen LogP contribution in [0.2, 0.25) is 0 Å². The van der Waals surface area contributed by atoms with Gasteiger partial charge in [0, 0.05) is 17.8 Å². The number of hydrogen-bond donors (Lipinski definition) is 2. The van der Waals surface area contributed by atoms with Crippen LogP contribution in [0, 0.1) is 23.0 Å². The minimum Gasteiger partial charge on any atom is -0.340 e. The Morgan fingerprint density at radius 2 is 1.81 bits per heavy atom. The lowest BCUT2D eigenvalue weighted by Crippen LogP contribution is -2.15. The molecular formula is C18H11F2N5O. The number of rotatable bonds is 4. The van der Waals surface area contributed by atoms with Crippen LogP contribution in [-0.2, 0) is 0 Å². The van der Waals surface area contributed by atoms with Gasteiger partial charge in [0.25, 0.3) is 5.91 Å². The van der Waals surface area contributed by atoms with Crippen molar-refractivity contribution in [1.82, 2.24) is 9.97 Å². The molecule has 0 atom stereocenters. The van der Waals surface area contributed by atoms with Crippen molar-refractivity contribution in [2.24, 2.45) is 0 Å². The normalized spacial score (nSPS) is 10.0. The van der Waals surface area contributed by atoms with Crippen molar-refractivity contribution in [2.75, 3.05) is 10.6 Å². The molecule has 0 aliphatic rings. The van der Waals surface area contributed by atoms with Crippen LogP contribution in [0.4, 0.5) is 26.0 Å². The van der Waals surface area contributed by atoms with Crippen LogP contribution in [0.1, 0.15) is 16.1 Å². The van der Waals surface area contributed by atoms with E-state index in [2.05, 4.69) is 20.6 Å². The molecule has 0 unspecified atom stereocenters. The minimum absolute atomic E-state index is 0.000120. The van der Waals surface area contributed by atoms with E-state index in [4.69, 9.17) is 5.26 Å². The van der Waals surface area contributed by atoms with E-state index < -0.39 is 17.5 Å². The molecule has 8 heteroatoms. The summed E-state index contributed by atoms with van der Waals surface area (Å²) in [5, 5.41) is 14.1. The first-order valence-corrected chi connectivity index (χ1v) is 7.41. The van der Waals surface area contributed by atoms with Gasteiger partial charge in [0.1, 0.15) is 29.5 Å². The molecule has 0 saturated carbocycles. The number of anilines is 3. The van der Waals surface area contributed by atoms with Gasteiger partial charge in [-0.05, 0) is 36.4 Å². The summed E-state index contributed by atoms with van der Waals surface area (Å²) in [6.45, 7) is 0. The number of nitriles is 1. The number of amides is 1. The lowest BCUT2D eigenvalue weighted by atomic mass is 10.2. The number of hydrogen-bond acceptors (Lipinski definition) is 5. The quantitative estimate of drug-likeness (QED) is 0.749. The van der Waals surface area contributed by atoms with E-state index in [1.54, 1.807) is 24.3 Å². The number of halogens is 2. The van der Waals surface area contributed by atoms with Crippen LogP contribution >= 0.6 is 0 Å². The lowest BCUT2D eigenvalue weighted by Gasteiger charge is -2.08.